The summed E-state index contributed by atoms with van der Waals surface area (Å²) in [6, 6.07) is -0.518. The normalized spacial score (nSPS) is 28.1. The number of hydrogen-bond donors (Lipinski definition) is 1. The van der Waals surface area contributed by atoms with E-state index in [1.165, 1.54) is 0 Å². The molecule has 0 bridgehead atoms. The second kappa shape index (κ2) is 4.94. The molecule has 1 saturated heterocycles. The van der Waals surface area contributed by atoms with E-state index in [-0.39, 0.29) is 17.3 Å². The highest BCUT2D eigenvalue weighted by molar-refractivity contribution is 5.75. The Hall–Kier alpha value is -0.610. The van der Waals surface area contributed by atoms with Gasteiger partial charge in [0.1, 0.15) is 6.04 Å². The van der Waals surface area contributed by atoms with Crippen molar-refractivity contribution in [2.45, 2.75) is 33.2 Å². The number of carbonyl (C=O) groups is 1. The van der Waals surface area contributed by atoms with Gasteiger partial charge in [0.2, 0.25) is 0 Å². The summed E-state index contributed by atoms with van der Waals surface area (Å²) in [6.07, 6.45) is 0.942. The van der Waals surface area contributed by atoms with E-state index in [1.54, 1.807) is 0 Å². The van der Waals surface area contributed by atoms with E-state index in [0.29, 0.717) is 13.2 Å². The zero-order valence-electron chi connectivity index (χ0n) is 9.79. The van der Waals surface area contributed by atoms with Crippen molar-refractivity contribution in [3.63, 3.8) is 0 Å². The molecule has 1 aliphatic heterocycles. The maximum absolute atomic E-state index is 11.5. The molecule has 1 fully saturated rings. The first-order chi connectivity index (χ1) is 6.94. The number of hydrogen-bond acceptors (Lipinski definition) is 4. The topological polar surface area (TPSA) is 61.6 Å². The third-order valence-electron chi connectivity index (χ3n) is 2.85. The molecule has 2 N–H and O–H groups in total. The lowest BCUT2D eigenvalue weighted by Crippen LogP contribution is -2.39. The molecule has 0 aromatic carbocycles. The van der Waals surface area contributed by atoms with E-state index >= 15 is 0 Å². The quantitative estimate of drug-likeness (QED) is 0.709. The minimum atomic E-state index is -0.518. The van der Waals surface area contributed by atoms with Crippen LogP contribution in [0.15, 0.2) is 0 Å². The molecule has 0 aliphatic carbocycles. The van der Waals surface area contributed by atoms with Crippen LogP contribution in [0.25, 0.3) is 0 Å². The molecule has 4 nitrogen and oxygen atoms in total. The molecule has 2 atom stereocenters. The van der Waals surface area contributed by atoms with Gasteiger partial charge in [-0.3, -0.25) is 4.79 Å². The Morgan fingerprint density at radius 3 is 2.73 bits per heavy atom. The van der Waals surface area contributed by atoms with E-state index in [9.17, 15) is 4.79 Å². The molecule has 0 saturated carbocycles. The van der Waals surface area contributed by atoms with Crippen LogP contribution in [-0.2, 0) is 14.3 Å². The molecule has 0 amide bonds. The van der Waals surface area contributed by atoms with Crippen LogP contribution in [0.5, 0.6) is 0 Å². The summed E-state index contributed by atoms with van der Waals surface area (Å²) in [5.74, 6) is -0.191. The maximum Gasteiger partial charge on any atom is 0.323 e. The Morgan fingerprint density at radius 1 is 1.60 bits per heavy atom. The highest BCUT2D eigenvalue weighted by Gasteiger charge is 2.32. The molecule has 0 radical (unpaired) electrons. The average molecular weight is 215 g/mol. The second-order valence-corrected chi connectivity index (χ2v) is 4.99. The van der Waals surface area contributed by atoms with Gasteiger partial charge in [-0.25, -0.2) is 0 Å². The summed E-state index contributed by atoms with van der Waals surface area (Å²) in [5, 5.41) is 0. The fourth-order valence-corrected chi connectivity index (χ4v) is 1.44. The van der Waals surface area contributed by atoms with Crippen LogP contribution in [0.2, 0.25) is 0 Å². The molecule has 0 aromatic rings. The van der Waals surface area contributed by atoms with Gasteiger partial charge in [-0.2, -0.15) is 0 Å². The standard InChI is InChI=1S/C11H21NO3/c1-8(2)9(12)10(13)15-7-11(3)4-5-14-6-11/h8-9H,4-7,12H2,1-3H3/t9-,11?/m0/s1. The zero-order chi connectivity index (χ0) is 11.5. The highest BCUT2D eigenvalue weighted by Crippen LogP contribution is 2.28. The van der Waals surface area contributed by atoms with Crippen LogP contribution in [-0.4, -0.2) is 31.8 Å². The molecule has 1 rings (SSSR count). The summed E-state index contributed by atoms with van der Waals surface area (Å²) >= 11 is 0. The summed E-state index contributed by atoms with van der Waals surface area (Å²) in [6.45, 7) is 7.71. The van der Waals surface area contributed by atoms with Crippen molar-refractivity contribution in [3.05, 3.63) is 0 Å². The first-order valence-electron chi connectivity index (χ1n) is 5.44. The summed E-state index contributed by atoms with van der Waals surface area (Å²) in [5.41, 5.74) is 5.66. The monoisotopic (exact) mass is 215 g/mol. The van der Waals surface area contributed by atoms with Crippen molar-refractivity contribution in [3.8, 4) is 0 Å². The molecule has 4 heteroatoms. The lowest BCUT2D eigenvalue weighted by Gasteiger charge is -2.23. The van der Waals surface area contributed by atoms with Gasteiger partial charge in [0.05, 0.1) is 13.2 Å². The van der Waals surface area contributed by atoms with Crippen molar-refractivity contribution in [2.75, 3.05) is 19.8 Å². The Bertz CT molecular complexity index is 222. The molecular formula is C11H21NO3. The van der Waals surface area contributed by atoms with Gasteiger partial charge in [-0.15, -0.1) is 0 Å². The highest BCUT2D eigenvalue weighted by atomic mass is 16.5. The molecule has 15 heavy (non-hydrogen) atoms. The first-order valence-corrected chi connectivity index (χ1v) is 5.44. The van der Waals surface area contributed by atoms with Crippen molar-refractivity contribution >= 4 is 5.97 Å². The molecule has 1 aliphatic rings. The number of esters is 1. The molecule has 1 heterocycles. The van der Waals surface area contributed by atoms with Gasteiger partial charge in [-0.1, -0.05) is 20.8 Å². The predicted molar refractivity (Wildman–Crippen MR) is 57.3 cm³/mol. The van der Waals surface area contributed by atoms with E-state index < -0.39 is 6.04 Å². The Labute approximate surface area is 91.1 Å². The van der Waals surface area contributed by atoms with Crippen LogP contribution in [0, 0.1) is 11.3 Å². The lowest BCUT2D eigenvalue weighted by atomic mass is 9.91. The van der Waals surface area contributed by atoms with Crippen LogP contribution < -0.4 is 5.73 Å². The van der Waals surface area contributed by atoms with Gasteiger partial charge in [0.15, 0.2) is 0 Å². The predicted octanol–water partition coefficient (Wildman–Crippen LogP) is 0.939. The Kier molecular flexibility index (Phi) is 4.11. The fourth-order valence-electron chi connectivity index (χ4n) is 1.44. The van der Waals surface area contributed by atoms with Crippen LogP contribution in [0.4, 0.5) is 0 Å². The van der Waals surface area contributed by atoms with E-state index in [0.717, 1.165) is 13.0 Å². The number of ether oxygens (including phenoxy) is 2. The number of nitrogens with two attached hydrogens (primary N) is 1. The van der Waals surface area contributed by atoms with Gasteiger partial charge < -0.3 is 15.2 Å². The second-order valence-electron chi connectivity index (χ2n) is 4.99. The summed E-state index contributed by atoms with van der Waals surface area (Å²) < 4.78 is 10.5. The van der Waals surface area contributed by atoms with E-state index in [1.807, 2.05) is 13.8 Å². The molecule has 0 spiro atoms. The van der Waals surface area contributed by atoms with Gasteiger partial charge in [-0.05, 0) is 12.3 Å². The SMILES string of the molecule is CC(C)[C@H](N)C(=O)OCC1(C)CCOC1. The van der Waals surface area contributed by atoms with Crippen molar-refractivity contribution < 1.29 is 14.3 Å². The molecule has 1 unspecified atom stereocenters. The third-order valence-corrected chi connectivity index (χ3v) is 2.85. The smallest absolute Gasteiger partial charge is 0.323 e. The number of carbonyl (C=O) groups excluding carboxylic acids is 1. The maximum atomic E-state index is 11.5. The van der Waals surface area contributed by atoms with Crippen molar-refractivity contribution in [1.82, 2.24) is 0 Å². The molecule has 88 valence electrons. The van der Waals surface area contributed by atoms with Crippen LogP contribution in [0.1, 0.15) is 27.2 Å². The third kappa shape index (κ3) is 3.47. The Balaban J connectivity index is 2.33. The lowest BCUT2D eigenvalue weighted by molar-refractivity contribution is -0.149. The largest absolute Gasteiger partial charge is 0.464 e. The summed E-state index contributed by atoms with van der Waals surface area (Å²) in [7, 11) is 0. The first kappa shape index (κ1) is 12.5. The van der Waals surface area contributed by atoms with Crippen molar-refractivity contribution in [2.24, 2.45) is 17.1 Å². The molecular weight excluding hydrogens is 194 g/mol. The summed E-state index contributed by atoms with van der Waals surface area (Å²) in [4.78, 5) is 11.5. The van der Waals surface area contributed by atoms with Crippen LogP contribution >= 0.6 is 0 Å². The van der Waals surface area contributed by atoms with E-state index in [4.69, 9.17) is 15.2 Å². The minimum absolute atomic E-state index is 0.0215. The fraction of sp³-hybridized carbons (Fsp3) is 0.909. The zero-order valence-corrected chi connectivity index (χ0v) is 9.79. The minimum Gasteiger partial charge on any atom is -0.464 e. The van der Waals surface area contributed by atoms with Crippen molar-refractivity contribution in [1.29, 1.82) is 0 Å². The van der Waals surface area contributed by atoms with Gasteiger partial charge >= 0.3 is 5.97 Å². The number of rotatable bonds is 4. The molecule has 0 aromatic heterocycles. The van der Waals surface area contributed by atoms with Gasteiger partial charge in [0, 0.05) is 12.0 Å². The van der Waals surface area contributed by atoms with E-state index in [2.05, 4.69) is 6.92 Å². The van der Waals surface area contributed by atoms with Gasteiger partial charge in [0.25, 0.3) is 0 Å². The average Bonchev–Trinajstić information content (AvgIpc) is 2.61. The van der Waals surface area contributed by atoms with Crippen LogP contribution in [0.3, 0.4) is 0 Å². The Morgan fingerprint density at radius 2 is 2.27 bits per heavy atom.